The highest BCUT2D eigenvalue weighted by Crippen LogP contribution is 2.26. The minimum atomic E-state index is -0.916. The van der Waals surface area contributed by atoms with Crippen LogP contribution in [0.25, 0.3) is 10.9 Å². The molecule has 0 bridgehead atoms. The lowest BCUT2D eigenvalue weighted by molar-refractivity contribution is 0.0699. The van der Waals surface area contributed by atoms with E-state index in [1.165, 1.54) is 0 Å². The summed E-state index contributed by atoms with van der Waals surface area (Å²) >= 11 is 0. The molecule has 2 aromatic rings. The Kier molecular flexibility index (Phi) is 2.45. The zero-order chi connectivity index (χ0) is 12.5. The smallest absolute Gasteiger partial charge is 0.336 e. The Bertz CT molecular complexity index is 674. The molecule has 0 radical (unpaired) electrons. The fourth-order valence-electron chi connectivity index (χ4n) is 2.17. The summed E-state index contributed by atoms with van der Waals surface area (Å²) in [5.74, 6) is -0.839. The lowest BCUT2D eigenvalue weighted by Crippen LogP contribution is -2.03. The normalized spacial score (nSPS) is 14.4. The molecule has 3 nitrogen and oxygen atoms in total. The number of fused-ring (bicyclic) bond motifs is 1. The highest BCUT2D eigenvalue weighted by Gasteiger charge is 2.15. The van der Waals surface area contributed by atoms with Gasteiger partial charge in [-0.25, -0.2) is 4.79 Å². The van der Waals surface area contributed by atoms with Crippen LogP contribution in [0.3, 0.4) is 0 Å². The van der Waals surface area contributed by atoms with Crippen LogP contribution in [0.15, 0.2) is 54.6 Å². The Morgan fingerprint density at radius 3 is 2.61 bits per heavy atom. The van der Waals surface area contributed by atoms with Gasteiger partial charge in [-0.1, -0.05) is 42.5 Å². The Balaban J connectivity index is 2.26. The summed E-state index contributed by atoms with van der Waals surface area (Å²) in [6, 6.07) is 8.98. The number of pyridine rings is 1. The third kappa shape index (κ3) is 1.70. The Morgan fingerprint density at radius 2 is 1.89 bits per heavy atom. The van der Waals surface area contributed by atoms with E-state index in [1.54, 1.807) is 12.1 Å². The first kappa shape index (κ1) is 10.7. The zero-order valence-electron chi connectivity index (χ0n) is 9.58. The number of nitrogens with zero attached hydrogens (tertiary/aromatic N) is 1. The number of hydrogen-bond donors (Lipinski definition) is 1. The molecule has 0 fully saturated rings. The van der Waals surface area contributed by atoms with Crippen LogP contribution >= 0.6 is 0 Å². The standard InChI is InChI=1S/C15H11NO2/c17-15(18)12-9-14(10-5-1-2-6-10)16-13-8-4-3-7-11(12)13/h1-10H,(H,17,18). The summed E-state index contributed by atoms with van der Waals surface area (Å²) in [6.07, 6.45) is 7.90. The number of carboxylic acids is 1. The zero-order valence-corrected chi connectivity index (χ0v) is 9.58. The number of carbonyl (C=O) groups is 1. The molecular weight excluding hydrogens is 226 g/mol. The lowest BCUT2D eigenvalue weighted by Gasteiger charge is -2.09. The van der Waals surface area contributed by atoms with E-state index in [1.807, 2.05) is 42.5 Å². The summed E-state index contributed by atoms with van der Waals surface area (Å²) in [7, 11) is 0. The first-order valence-electron chi connectivity index (χ1n) is 5.73. The molecule has 0 spiro atoms. The van der Waals surface area contributed by atoms with Crippen molar-refractivity contribution in [1.29, 1.82) is 0 Å². The molecule has 0 unspecified atom stereocenters. The van der Waals surface area contributed by atoms with Crippen LogP contribution in [0.1, 0.15) is 22.0 Å². The lowest BCUT2D eigenvalue weighted by atomic mass is 10.0. The van der Waals surface area contributed by atoms with Crippen LogP contribution in [0.2, 0.25) is 0 Å². The van der Waals surface area contributed by atoms with E-state index in [4.69, 9.17) is 0 Å². The van der Waals surface area contributed by atoms with Gasteiger partial charge in [-0.05, 0) is 12.1 Å². The van der Waals surface area contributed by atoms with Gasteiger partial charge in [0.1, 0.15) is 0 Å². The number of aromatic nitrogens is 1. The number of aromatic carboxylic acids is 1. The number of hydrogen-bond acceptors (Lipinski definition) is 2. The predicted molar refractivity (Wildman–Crippen MR) is 69.7 cm³/mol. The van der Waals surface area contributed by atoms with Crippen LogP contribution in [-0.4, -0.2) is 16.1 Å². The van der Waals surface area contributed by atoms with Crippen LogP contribution in [0.4, 0.5) is 0 Å². The average Bonchev–Trinajstić information content (AvgIpc) is 2.91. The van der Waals surface area contributed by atoms with Gasteiger partial charge in [-0.3, -0.25) is 4.98 Å². The van der Waals surface area contributed by atoms with Gasteiger partial charge in [0, 0.05) is 11.3 Å². The second-order valence-electron chi connectivity index (χ2n) is 4.21. The van der Waals surface area contributed by atoms with Gasteiger partial charge in [0.15, 0.2) is 0 Å². The van der Waals surface area contributed by atoms with Crippen LogP contribution in [0.5, 0.6) is 0 Å². The molecule has 1 aromatic carbocycles. The molecule has 1 N–H and O–H groups in total. The summed E-state index contributed by atoms with van der Waals surface area (Å²) in [5.41, 5.74) is 1.81. The number of allylic oxidation sites excluding steroid dienone is 4. The van der Waals surface area contributed by atoms with Crippen molar-refractivity contribution in [3.05, 3.63) is 65.9 Å². The maximum absolute atomic E-state index is 11.3. The molecule has 18 heavy (non-hydrogen) atoms. The molecule has 0 aliphatic heterocycles. The first-order valence-corrected chi connectivity index (χ1v) is 5.73. The molecule has 1 aliphatic rings. The molecule has 1 aromatic heterocycles. The maximum Gasteiger partial charge on any atom is 0.336 e. The van der Waals surface area contributed by atoms with Gasteiger partial charge in [0.2, 0.25) is 0 Å². The van der Waals surface area contributed by atoms with E-state index in [0.29, 0.717) is 10.9 Å². The highest BCUT2D eigenvalue weighted by molar-refractivity contribution is 6.02. The molecule has 0 saturated carbocycles. The van der Waals surface area contributed by atoms with E-state index in [0.717, 1.165) is 11.2 Å². The van der Waals surface area contributed by atoms with Crippen molar-refractivity contribution >= 4 is 16.9 Å². The quantitative estimate of drug-likeness (QED) is 0.872. The molecular formula is C15H11NO2. The van der Waals surface area contributed by atoms with Crippen molar-refractivity contribution in [2.45, 2.75) is 5.92 Å². The van der Waals surface area contributed by atoms with E-state index in [2.05, 4.69) is 4.98 Å². The molecule has 3 rings (SSSR count). The maximum atomic E-state index is 11.3. The van der Waals surface area contributed by atoms with Crippen LogP contribution in [0, 0.1) is 0 Å². The highest BCUT2D eigenvalue weighted by atomic mass is 16.4. The van der Waals surface area contributed by atoms with Crippen molar-refractivity contribution in [3.8, 4) is 0 Å². The molecule has 1 heterocycles. The van der Waals surface area contributed by atoms with Gasteiger partial charge in [-0.2, -0.15) is 0 Å². The summed E-state index contributed by atoms with van der Waals surface area (Å²) in [5, 5.41) is 9.97. The topological polar surface area (TPSA) is 50.2 Å². The second-order valence-corrected chi connectivity index (χ2v) is 4.21. The van der Waals surface area contributed by atoms with E-state index >= 15 is 0 Å². The van der Waals surface area contributed by atoms with Crippen molar-refractivity contribution < 1.29 is 9.90 Å². The fourth-order valence-corrected chi connectivity index (χ4v) is 2.17. The van der Waals surface area contributed by atoms with Gasteiger partial charge >= 0.3 is 5.97 Å². The van der Waals surface area contributed by atoms with E-state index in [9.17, 15) is 9.90 Å². The van der Waals surface area contributed by atoms with Crippen LogP contribution < -0.4 is 0 Å². The first-order chi connectivity index (χ1) is 8.75. The third-order valence-electron chi connectivity index (χ3n) is 3.06. The minimum absolute atomic E-state index is 0.0766. The van der Waals surface area contributed by atoms with E-state index in [-0.39, 0.29) is 5.92 Å². The summed E-state index contributed by atoms with van der Waals surface area (Å²) in [6.45, 7) is 0. The number of rotatable bonds is 2. The van der Waals surface area contributed by atoms with E-state index < -0.39 is 5.97 Å². The number of benzene rings is 1. The third-order valence-corrected chi connectivity index (χ3v) is 3.06. The SMILES string of the molecule is O=C(O)c1cc(C2C=CC=C2)nc2ccccc12. The van der Waals surface area contributed by atoms with Gasteiger partial charge < -0.3 is 5.11 Å². The van der Waals surface area contributed by atoms with Crippen LogP contribution in [-0.2, 0) is 0 Å². The molecule has 0 amide bonds. The molecule has 88 valence electrons. The van der Waals surface area contributed by atoms with Crippen molar-refractivity contribution in [2.24, 2.45) is 0 Å². The van der Waals surface area contributed by atoms with Crippen molar-refractivity contribution in [3.63, 3.8) is 0 Å². The Hall–Kier alpha value is -2.42. The summed E-state index contributed by atoms with van der Waals surface area (Å²) in [4.78, 5) is 15.9. The molecule has 1 aliphatic carbocycles. The largest absolute Gasteiger partial charge is 0.478 e. The predicted octanol–water partition coefficient (Wildman–Crippen LogP) is 3.14. The van der Waals surface area contributed by atoms with Gasteiger partial charge in [-0.15, -0.1) is 0 Å². The minimum Gasteiger partial charge on any atom is -0.478 e. The van der Waals surface area contributed by atoms with Crippen molar-refractivity contribution in [1.82, 2.24) is 4.98 Å². The average molecular weight is 237 g/mol. The molecule has 3 heteroatoms. The summed E-state index contributed by atoms with van der Waals surface area (Å²) < 4.78 is 0. The number of carboxylic acid groups (broad SMARTS) is 1. The molecule has 0 atom stereocenters. The fraction of sp³-hybridized carbons (Fsp3) is 0.0667. The molecule has 0 saturated heterocycles. The second kappa shape index (κ2) is 4.11. The van der Waals surface area contributed by atoms with Crippen molar-refractivity contribution in [2.75, 3.05) is 0 Å². The van der Waals surface area contributed by atoms with Gasteiger partial charge in [0.25, 0.3) is 0 Å². The Labute approximate surface area is 104 Å². The number of para-hydroxylation sites is 1. The monoisotopic (exact) mass is 237 g/mol. The van der Waals surface area contributed by atoms with Gasteiger partial charge in [0.05, 0.1) is 16.8 Å². The Morgan fingerprint density at radius 1 is 1.17 bits per heavy atom.